The highest BCUT2D eigenvalue weighted by molar-refractivity contribution is 5.75. The topological polar surface area (TPSA) is 59.1 Å². The van der Waals surface area contributed by atoms with Crippen molar-refractivity contribution in [2.45, 2.75) is 70.8 Å². The lowest BCUT2D eigenvalue weighted by atomic mass is 9.88. The maximum atomic E-state index is 13.6. The number of anilines is 1. The highest BCUT2D eigenvalue weighted by Crippen LogP contribution is 2.45. The van der Waals surface area contributed by atoms with Crippen molar-refractivity contribution in [3.63, 3.8) is 0 Å². The Morgan fingerprint density at radius 3 is 1.90 bits per heavy atom. The molecule has 0 saturated heterocycles. The first-order chi connectivity index (χ1) is 18.9. The molecule has 1 amide bonds. The van der Waals surface area contributed by atoms with E-state index in [9.17, 15) is 49.1 Å². The van der Waals surface area contributed by atoms with Gasteiger partial charge in [-0.25, -0.2) is 4.79 Å². The molecule has 2 aromatic rings. The maximum Gasteiger partial charge on any atom is 0.533 e. The SMILES string of the molecule is CCOC(=O)ON1c2ccc(C(F)(F)F)cc2[C@@H](N(Cc2cc(C(F)(F)F)cc(C(F)(F)F)c2)C(C)=O)C[C@H]1CC. The van der Waals surface area contributed by atoms with Gasteiger partial charge in [-0.1, -0.05) is 6.92 Å². The van der Waals surface area contributed by atoms with Crippen LogP contribution in [0.2, 0.25) is 0 Å². The molecule has 0 N–H and O–H groups in total. The van der Waals surface area contributed by atoms with Gasteiger partial charge in [0.2, 0.25) is 5.91 Å². The van der Waals surface area contributed by atoms with Crippen LogP contribution in [-0.4, -0.2) is 29.6 Å². The molecular weight excluding hydrogens is 575 g/mol. The molecule has 0 aliphatic carbocycles. The van der Waals surface area contributed by atoms with Crippen molar-refractivity contribution in [1.82, 2.24) is 4.90 Å². The minimum Gasteiger partial charge on any atom is -0.433 e. The molecule has 0 aromatic heterocycles. The van der Waals surface area contributed by atoms with Crippen LogP contribution in [0, 0.1) is 0 Å². The van der Waals surface area contributed by atoms with Crippen LogP contribution in [0.4, 0.5) is 50.0 Å². The van der Waals surface area contributed by atoms with Gasteiger partial charge in [0.1, 0.15) is 0 Å². The van der Waals surface area contributed by atoms with Crippen molar-refractivity contribution in [3.8, 4) is 0 Å². The largest absolute Gasteiger partial charge is 0.533 e. The normalized spacial score (nSPS) is 17.6. The Kier molecular flexibility index (Phi) is 9.08. The van der Waals surface area contributed by atoms with Crippen molar-refractivity contribution in [2.75, 3.05) is 11.7 Å². The van der Waals surface area contributed by atoms with Crippen molar-refractivity contribution >= 4 is 17.7 Å². The van der Waals surface area contributed by atoms with Gasteiger partial charge in [0.05, 0.1) is 41.1 Å². The van der Waals surface area contributed by atoms with Crippen LogP contribution >= 0.6 is 0 Å². The van der Waals surface area contributed by atoms with E-state index >= 15 is 0 Å². The fraction of sp³-hybridized carbons (Fsp3) is 0.462. The van der Waals surface area contributed by atoms with E-state index in [0.717, 1.165) is 29.0 Å². The number of ether oxygens (including phenoxy) is 1. The third-order valence-corrected chi connectivity index (χ3v) is 6.47. The highest BCUT2D eigenvalue weighted by atomic mass is 19.4. The Hall–Kier alpha value is -3.65. The van der Waals surface area contributed by atoms with Crippen molar-refractivity contribution in [2.24, 2.45) is 0 Å². The summed E-state index contributed by atoms with van der Waals surface area (Å²) in [6.07, 6.45) is -16.2. The Bertz CT molecular complexity index is 1240. The van der Waals surface area contributed by atoms with E-state index in [1.165, 1.54) is 6.92 Å². The van der Waals surface area contributed by atoms with E-state index in [1.807, 2.05) is 0 Å². The molecule has 2 aromatic carbocycles. The second kappa shape index (κ2) is 11.7. The first-order valence-electron chi connectivity index (χ1n) is 12.3. The molecule has 41 heavy (non-hydrogen) atoms. The number of alkyl halides is 9. The average molecular weight is 600 g/mol. The third-order valence-electron chi connectivity index (χ3n) is 6.47. The Labute approximate surface area is 228 Å². The molecule has 6 nitrogen and oxygen atoms in total. The monoisotopic (exact) mass is 600 g/mol. The number of rotatable bonds is 6. The number of hydrogen-bond donors (Lipinski definition) is 0. The quantitative estimate of drug-likeness (QED) is 0.249. The van der Waals surface area contributed by atoms with E-state index in [1.54, 1.807) is 6.92 Å². The van der Waals surface area contributed by atoms with Crippen molar-refractivity contribution in [1.29, 1.82) is 0 Å². The van der Waals surface area contributed by atoms with E-state index in [0.29, 0.717) is 18.2 Å². The fourth-order valence-corrected chi connectivity index (χ4v) is 4.60. The maximum absolute atomic E-state index is 13.6. The fourth-order valence-electron chi connectivity index (χ4n) is 4.60. The highest BCUT2D eigenvalue weighted by Gasteiger charge is 2.42. The minimum absolute atomic E-state index is 0.0552. The zero-order valence-electron chi connectivity index (χ0n) is 21.9. The first kappa shape index (κ1) is 31.9. The molecule has 0 fully saturated rings. The third kappa shape index (κ3) is 7.36. The summed E-state index contributed by atoms with van der Waals surface area (Å²) in [6.45, 7) is 3.29. The van der Waals surface area contributed by atoms with Gasteiger partial charge in [0, 0.05) is 19.0 Å². The van der Waals surface area contributed by atoms with Gasteiger partial charge in [0.15, 0.2) is 0 Å². The molecule has 0 unspecified atom stereocenters. The standard InChI is InChI=1S/C26H25F9N2O4/c1-4-19-12-22(20-11-16(24(27,28)29)6-7-21(20)37(19)41-23(39)40-5-2)36(14(3)38)13-15-8-17(25(30,31)32)10-18(9-15)26(33,34)35/h6-11,19,22H,4-5,12-13H2,1-3H3/t19-,22+/m1/s1. The van der Waals surface area contributed by atoms with Gasteiger partial charge in [-0.2, -0.15) is 44.6 Å². The van der Waals surface area contributed by atoms with E-state index in [2.05, 4.69) is 0 Å². The van der Waals surface area contributed by atoms with Crippen LogP contribution in [0.1, 0.15) is 67.5 Å². The summed E-state index contributed by atoms with van der Waals surface area (Å²) in [5.41, 5.74) is -5.10. The molecule has 0 saturated carbocycles. The van der Waals surface area contributed by atoms with Gasteiger partial charge in [-0.05, 0) is 61.7 Å². The lowest BCUT2D eigenvalue weighted by Gasteiger charge is -2.43. The number of fused-ring (bicyclic) bond motifs is 1. The Morgan fingerprint density at radius 1 is 0.878 bits per heavy atom. The number of carbonyl (C=O) groups excluding carboxylic acids is 2. The molecule has 0 radical (unpaired) electrons. The lowest BCUT2D eigenvalue weighted by Crippen LogP contribution is -2.46. The van der Waals surface area contributed by atoms with E-state index in [4.69, 9.17) is 9.57 Å². The van der Waals surface area contributed by atoms with Crippen LogP contribution in [-0.2, 0) is 39.4 Å². The van der Waals surface area contributed by atoms with Crippen molar-refractivity contribution < 1.29 is 58.7 Å². The van der Waals surface area contributed by atoms with Crippen LogP contribution in [0.3, 0.4) is 0 Å². The second-order valence-corrected chi connectivity index (χ2v) is 9.25. The average Bonchev–Trinajstić information content (AvgIpc) is 2.85. The van der Waals surface area contributed by atoms with Crippen LogP contribution in [0.5, 0.6) is 0 Å². The van der Waals surface area contributed by atoms with Crippen molar-refractivity contribution in [3.05, 3.63) is 64.2 Å². The molecule has 15 heteroatoms. The zero-order chi connectivity index (χ0) is 30.9. The number of nitrogens with zero attached hydrogens (tertiary/aromatic N) is 2. The summed E-state index contributed by atoms with van der Waals surface area (Å²) in [7, 11) is 0. The number of carbonyl (C=O) groups is 2. The molecule has 226 valence electrons. The number of hydroxylamine groups is 1. The number of benzene rings is 2. The first-order valence-corrected chi connectivity index (χ1v) is 12.3. The smallest absolute Gasteiger partial charge is 0.433 e. The lowest BCUT2D eigenvalue weighted by molar-refractivity contribution is -0.143. The summed E-state index contributed by atoms with van der Waals surface area (Å²) >= 11 is 0. The number of hydrogen-bond acceptors (Lipinski definition) is 5. The second-order valence-electron chi connectivity index (χ2n) is 9.25. The zero-order valence-corrected chi connectivity index (χ0v) is 21.9. The molecule has 1 heterocycles. The number of halogens is 9. The van der Waals surface area contributed by atoms with Crippen LogP contribution < -0.4 is 5.06 Å². The van der Waals surface area contributed by atoms with Crippen LogP contribution in [0.15, 0.2) is 36.4 Å². The summed E-state index contributed by atoms with van der Waals surface area (Å²) in [5, 5.41) is 1.04. The molecular formula is C26H25F9N2O4. The summed E-state index contributed by atoms with van der Waals surface area (Å²) in [4.78, 5) is 31.0. The predicted octanol–water partition coefficient (Wildman–Crippen LogP) is 7.91. The van der Waals surface area contributed by atoms with E-state index < -0.39 is 71.5 Å². The van der Waals surface area contributed by atoms with E-state index in [-0.39, 0.29) is 36.8 Å². The summed E-state index contributed by atoms with van der Waals surface area (Å²) < 4.78 is 126. The van der Waals surface area contributed by atoms with Gasteiger partial charge < -0.3 is 14.5 Å². The molecule has 0 spiro atoms. The molecule has 1 aliphatic heterocycles. The summed E-state index contributed by atoms with van der Waals surface area (Å²) in [6, 6.07) is 1.29. The predicted molar refractivity (Wildman–Crippen MR) is 126 cm³/mol. The molecule has 2 atom stereocenters. The Morgan fingerprint density at radius 2 is 1.44 bits per heavy atom. The molecule has 0 bridgehead atoms. The number of amides is 1. The Balaban J connectivity index is 2.17. The van der Waals surface area contributed by atoms with Crippen LogP contribution in [0.25, 0.3) is 0 Å². The van der Waals surface area contributed by atoms with Gasteiger partial charge >= 0.3 is 24.7 Å². The molecule has 1 aliphatic rings. The molecule has 3 rings (SSSR count). The summed E-state index contributed by atoms with van der Waals surface area (Å²) in [5.74, 6) is -0.820. The minimum atomic E-state index is -5.14. The van der Waals surface area contributed by atoms with Gasteiger partial charge in [-0.3, -0.25) is 4.79 Å². The van der Waals surface area contributed by atoms with Gasteiger partial charge in [0.25, 0.3) is 0 Å². The van der Waals surface area contributed by atoms with Gasteiger partial charge in [-0.15, -0.1) is 0 Å².